The number of hydrogen-bond acceptors (Lipinski definition) is 2. The second kappa shape index (κ2) is 9.95. The lowest BCUT2D eigenvalue weighted by atomic mass is 10.1. The molecule has 0 aromatic heterocycles. The molecule has 1 aliphatic heterocycles. The van der Waals surface area contributed by atoms with Crippen molar-refractivity contribution < 1.29 is 9.47 Å². The largest absolute Gasteiger partial charge is 0.379 e. The van der Waals surface area contributed by atoms with Crippen LogP contribution in [0.15, 0.2) is 0 Å². The second-order valence-electron chi connectivity index (χ2n) is 6.82. The Bertz CT molecular complexity index is 215. The minimum absolute atomic E-state index is 0.424. The van der Waals surface area contributed by atoms with E-state index < -0.39 is 8.07 Å². The van der Waals surface area contributed by atoms with Crippen LogP contribution < -0.4 is 0 Å². The van der Waals surface area contributed by atoms with Crippen molar-refractivity contribution in [1.29, 1.82) is 0 Å². The molecule has 19 heavy (non-hydrogen) atoms. The summed E-state index contributed by atoms with van der Waals surface area (Å²) in [5, 5.41) is 0. The molecule has 0 amide bonds. The quantitative estimate of drug-likeness (QED) is 0.274. The molecular weight excluding hydrogens is 252 g/mol. The Labute approximate surface area is 121 Å². The van der Waals surface area contributed by atoms with Gasteiger partial charge in [0.2, 0.25) is 0 Å². The molecule has 0 radical (unpaired) electrons. The number of unbranched alkanes of at least 4 members (excludes halogenated alkanes) is 5. The van der Waals surface area contributed by atoms with Gasteiger partial charge in [0.05, 0.1) is 13.2 Å². The van der Waals surface area contributed by atoms with Crippen molar-refractivity contribution in [2.45, 2.75) is 83.2 Å². The third-order valence-electron chi connectivity index (χ3n) is 4.06. The van der Waals surface area contributed by atoms with Gasteiger partial charge in [0, 0.05) is 14.7 Å². The molecule has 1 aliphatic rings. The minimum Gasteiger partial charge on any atom is -0.379 e. The van der Waals surface area contributed by atoms with E-state index in [-0.39, 0.29) is 0 Å². The van der Waals surface area contributed by atoms with Crippen molar-refractivity contribution in [3.8, 4) is 0 Å². The number of ether oxygens (including phenoxy) is 2. The molecule has 0 aliphatic carbocycles. The van der Waals surface area contributed by atoms with E-state index in [0.29, 0.717) is 6.10 Å². The van der Waals surface area contributed by atoms with Crippen molar-refractivity contribution >= 4 is 8.07 Å². The predicted molar refractivity (Wildman–Crippen MR) is 85.6 cm³/mol. The van der Waals surface area contributed by atoms with Crippen LogP contribution in [0.2, 0.25) is 25.2 Å². The summed E-state index contributed by atoms with van der Waals surface area (Å²) < 4.78 is 10.8. The maximum absolute atomic E-state index is 5.62. The highest BCUT2D eigenvalue weighted by Crippen LogP contribution is 2.21. The molecule has 1 heterocycles. The monoisotopic (exact) mass is 286 g/mol. The van der Waals surface area contributed by atoms with Crippen molar-refractivity contribution in [1.82, 2.24) is 0 Å². The molecule has 2 nitrogen and oxygen atoms in total. The van der Waals surface area contributed by atoms with Gasteiger partial charge in [-0.05, 0) is 6.42 Å². The fourth-order valence-corrected chi connectivity index (χ4v) is 5.10. The Hall–Kier alpha value is 0.137. The van der Waals surface area contributed by atoms with Crippen LogP contribution in [0.1, 0.15) is 51.9 Å². The topological polar surface area (TPSA) is 21.8 Å². The first-order chi connectivity index (χ1) is 9.14. The van der Waals surface area contributed by atoms with Crippen molar-refractivity contribution in [3.05, 3.63) is 0 Å². The molecular formula is C16H34O2Si. The van der Waals surface area contributed by atoms with Crippen LogP contribution in [0.4, 0.5) is 0 Å². The van der Waals surface area contributed by atoms with E-state index in [1.807, 2.05) is 0 Å². The summed E-state index contributed by atoms with van der Waals surface area (Å²) in [6, 6.07) is 2.93. The molecule has 0 aromatic carbocycles. The molecule has 3 heteroatoms. The lowest BCUT2D eigenvalue weighted by molar-refractivity contribution is 0.117. The van der Waals surface area contributed by atoms with E-state index in [1.54, 1.807) is 0 Å². The van der Waals surface area contributed by atoms with Gasteiger partial charge in [-0.1, -0.05) is 70.6 Å². The first-order valence-corrected chi connectivity index (χ1v) is 11.7. The molecule has 1 atom stereocenters. The van der Waals surface area contributed by atoms with Gasteiger partial charge in [-0.2, -0.15) is 0 Å². The molecule has 1 saturated heterocycles. The fourth-order valence-electron chi connectivity index (χ4n) is 2.54. The molecule has 1 fully saturated rings. The van der Waals surface area contributed by atoms with Gasteiger partial charge in [0.1, 0.15) is 6.10 Å². The number of epoxide rings is 1. The highest BCUT2D eigenvalue weighted by molar-refractivity contribution is 6.77. The van der Waals surface area contributed by atoms with Crippen LogP contribution in [-0.2, 0) is 9.47 Å². The summed E-state index contributed by atoms with van der Waals surface area (Å²) in [6.07, 6.45) is 10.2. The van der Waals surface area contributed by atoms with Gasteiger partial charge in [0.25, 0.3) is 0 Å². The summed E-state index contributed by atoms with van der Waals surface area (Å²) in [5.41, 5.74) is 0. The van der Waals surface area contributed by atoms with Crippen molar-refractivity contribution in [2.24, 2.45) is 0 Å². The van der Waals surface area contributed by atoms with E-state index in [4.69, 9.17) is 9.47 Å². The standard InChI is InChI=1S/C16H34O2Si/c1-4-5-6-7-8-9-12-19(2,3)13-10-11-17-14-16-15-18-16/h16H,4-15H2,1-3H3. The molecule has 0 bridgehead atoms. The third-order valence-corrected chi connectivity index (χ3v) is 7.47. The Morgan fingerprint density at radius 2 is 1.63 bits per heavy atom. The van der Waals surface area contributed by atoms with E-state index >= 15 is 0 Å². The molecule has 0 aromatic rings. The third kappa shape index (κ3) is 10.6. The van der Waals surface area contributed by atoms with Gasteiger partial charge in [-0.25, -0.2) is 0 Å². The van der Waals surface area contributed by atoms with Gasteiger partial charge in [0.15, 0.2) is 0 Å². The van der Waals surface area contributed by atoms with Crippen molar-refractivity contribution in [3.63, 3.8) is 0 Å². The summed E-state index contributed by atoms with van der Waals surface area (Å²) >= 11 is 0. The lowest BCUT2D eigenvalue weighted by Crippen LogP contribution is -2.25. The highest BCUT2D eigenvalue weighted by atomic mass is 28.3. The normalized spacial score (nSPS) is 18.8. The zero-order valence-electron chi connectivity index (χ0n) is 13.4. The number of rotatable bonds is 13. The lowest BCUT2D eigenvalue weighted by Gasteiger charge is -2.22. The Morgan fingerprint density at radius 1 is 1.00 bits per heavy atom. The Balaban J connectivity index is 1.87. The maximum Gasteiger partial charge on any atom is 0.104 e. The Morgan fingerprint density at radius 3 is 2.32 bits per heavy atom. The van der Waals surface area contributed by atoms with Crippen LogP contribution in [0.3, 0.4) is 0 Å². The van der Waals surface area contributed by atoms with Crippen LogP contribution in [-0.4, -0.2) is 34.0 Å². The highest BCUT2D eigenvalue weighted by Gasteiger charge is 2.23. The minimum atomic E-state index is -0.945. The van der Waals surface area contributed by atoms with Crippen LogP contribution in [0, 0.1) is 0 Å². The smallest absolute Gasteiger partial charge is 0.104 e. The summed E-state index contributed by atoms with van der Waals surface area (Å²) in [6.45, 7) is 10.0. The van der Waals surface area contributed by atoms with E-state index in [1.165, 1.54) is 57.0 Å². The zero-order chi connectivity index (χ0) is 14.0. The summed E-state index contributed by atoms with van der Waals surface area (Å²) in [4.78, 5) is 0. The SMILES string of the molecule is CCCCCCCC[Si](C)(C)CCCOCC1CO1. The Kier molecular flexibility index (Phi) is 9.00. The van der Waals surface area contributed by atoms with Gasteiger partial charge in [-0.15, -0.1) is 0 Å². The average molecular weight is 287 g/mol. The molecule has 0 spiro atoms. The van der Waals surface area contributed by atoms with Crippen molar-refractivity contribution in [2.75, 3.05) is 19.8 Å². The molecule has 114 valence electrons. The van der Waals surface area contributed by atoms with Gasteiger partial charge >= 0.3 is 0 Å². The molecule has 1 unspecified atom stereocenters. The molecule has 1 rings (SSSR count). The van der Waals surface area contributed by atoms with E-state index in [9.17, 15) is 0 Å². The van der Waals surface area contributed by atoms with Gasteiger partial charge < -0.3 is 9.47 Å². The maximum atomic E-state index is 5.62. The van der Waals surface area contributed by atoms with Crippen LogP contribution in [0.25, 0.3) is 0 Å². The van der Waals surface area contributed by atoms with Crippen LogP contribution in [0.5, 0.6) is 0 Å². The summed E-state index contributed by atoms with van der Waals surface area (Å²) in [7, 11) is -0.945. The fraction of sp³-hybridized carbons (Fsp3) is 1.00. The second-order valence-corrected chi connectivity index (χ2v) is 12.1. The van der Waals surface area contributed by atoms with Crippen LogP contribution >= 0.6 is 0 Å². The first kappa shape index (κ1) is 17.2. The van der Waals surface area contributed by atoms with E-state index in [2.05, 4.69) is 20.0 Å². The first-order valence-electron chi connectivity index (χ1n) is 8.33. The predicted octanol–water partition coefficient (Wildman–Crippen LogP) is 4.86. The average Bonchev–Trinajstić information content (AvgIpc) is 3.17. The molecule has 0 N–H and O–H groups in total. The zero-order valence-corrected chi connectivity index (χ0v) is 14.4. The van der Waals surface area contributed by atoms with Gasteiger partial charge in [-0.3, -0.25) is 0 Å². The summed E-state index contributed by atoms with van der Waals surface area (Å²) in [5.74, 6) is 0. The number of hydrogen-bond donors (Lipinski definition) is 0. The molecule has 0 saturated carbocycles. The van der Waals surface area contributed by atoms with E-state index in [0.717, 1.165) is 19.8 Å².